The highest BCUT2D eigenvalue weighted by Gasteiger charge is 2.38. The Bertz CT molecular complexity index is 995. The standard InChI is InChI=1S/C23H31N5O2/c1-5-29-15-8-13-28-21(19-11-6-9-18-10-7-12-24-20(18)19)25-26-22(28)27-14-16-30-23(3,4)17(27)2/h6-7,9-12,17H,5,8,13-16H2,1-4H3. The van der Waals surface area contributed by atoms with Gasteiger partial charge in [-0.05, 0) is 46.2 Å². The first-order chi connectivity index (χ1) is 14.5. The fraction of sp³-hybridized carbons (Fsp3) is 0.522. The summed E-state index contributed by atoms with van der Waals surface area (Å²) >= 11 is 0. The van der Waals surface area contributed by atoms with E-state index >= 15 is 0 Å². The minimum absolute atomic E-state index is 0.180. The van der Waals surface area contributed by atoms with Gasteiger partial charge in [0.15, 0.2) is 5.82 Å². The summed E-state index contributed by atoms with van der Waals surface area (Å²) in [6, 6.07) is 10.4. The van der Waals surface area contributed by atoms with E-state index in [4.69, 9.17) is 9.47 Å². The number of rotatable bonds is 7. The molecule has 0 saturated carbocycles. The molecule has 0 N–H and O–H groups in total. The molecule has 0 spiro atoms. The number of hydrogen-bond acceptors (Lipinski definition) is 6. The van der Waals surface area contributed by atoms with Crippen LogP contribution in [0.2, 0.25) is 0 Å². The zero-order valence-electron chi connectivity index (χ0n) is 18.3. The fourth-order valence-electron chi connectivity index (χ4n) is 4.04. The quantitative estimate of drug-likeness (QED) is 0.551. The van der Waals surface area contributed by atoms with E-state index in [1.807, 2.05) is 19.2 Å². The van der Waals surface area contributed by atoms with E-state index in [0.717, 1.165) is 54.4 Å². The van der Waals surface area contributed by atoms with Crippen LogP contribution in [0.15, 0.2) is 36.5 Å². The van der Waals surface area contributed by atoms with Crippen LogP contribution in [0.5, 0.6) is 0 Å². The summed E-state index contributed by atoms with van der Waals surface area (Å²) in [6.45, 7) is 12.2. The van der Waals surface area contributed by atoms with E-state index < -0.39 is 0 Å². The smallest absolute Gasteiger partial charge is 0.227 e. The third kappa shape index (κ3) is 3.91. The fourth-order valence-corrected chi connectivity index (χ4v) is 4.04. The number of morpholine rings is 1. The van der Waals surface area contributed by atoms with Crippen molar-refractivity contribution in [1.82, 2.24) is 19.7 Å². The van der Waals surface area contributed by atoms with Crippen molar-refractivity contribution in [2.24, 2.45) is 0 Å². The Morgan fingerprint density at radius 1 is 1.20 bits per heavy atom. The van der Waals surface area contributed by atoms with E-state index in [9.17, 15) is 0 Å². The second-order valence-electron chi connectivity index (χ2n) is 8.23. The van der Waals surface area contributed by atoms with Gasteiger partial charge in [-0.2, -0.15) is 0 Å². The summed E-state index contributed by atoms with van der Waals surface area (Å²) in [5.41, 5.74) is 1.70. The van der Waals surface area contributed by atoms with Crippen LogP contribution in [-0.2, 0) is 16.0 Å². The number of benzene rings is 1. The van der Waals surface area contributed by atoms with Crippen LogP contribution in [-0.4, -0.2) is 57.8 Å². The van der Waals surface area contributed by atoms with Crippen molar-refractivity contribution in [3.05, 3.63) is 36.5 Å². The Balaban J connectivity index is 1.77. The molecule has 4 rings (SSSR count). The lowest BCUT2D eigenvalue weighted by Gasteiger charge is -2.44. The van der Waals surface area contributed by atoms with Crippen molar-refractivity contribution in [2.45, 2.75) is 52.3 Å². The molecule has 1 unspecified atom stereocenters. The average Bonchev–Trinajstić information content (AvgIpc) is 3.16. The minimum atomic E-state index is -0.248. The lowest BCUT2D eigenvalue weighted by molar-refractivity contribution is -0.0536. The zero-order chi connectivity index (χ0) is 21.1. The normalized spacial score (nSPS) is 18.8. The Morgan fingerprint density at radius 2 is 2.03 bits per heavy atom. The van der Waals surface area contributed by atoms with Crippen LogP contribution in [0, 0.1) is 0 Å². The molecule has 0 amide bonds. The van der Waals surface area contributed by atoms with E-state index in [2.05, 4.69) is 69.7 Å². The van der Waals surface area contributed by atoms with Crippen LogP contribution >= 0.6 is 0 Å². The van der Waals surface area contributed by atoms with E-state index in [0.29, 0.717) is 13.2 Å². The molecule has 1 fully saturated rings. The van der Waals surface area contributed by atoms with Gasteiger partial charge < -0.3 is 14.4 Å². The molecule has 1 saturated heterocycles. The first-order valence-corrected chi connectivity index (χ1v) is 10.8. The van der Waals surface area contributed by atoms with Gasteiger partial charge in [0, 0.05) is 43.4 Å². The van der Waals surface area contributed by atoms with E-state index in [-0.39, 0.29) is 11.6 Å². The summed E-state index contributed by atoms with van der Waals surface area (Å²) < 4.78 is 13.8. The molecule has 160 valence electrons. The second kappa shape index (κ2) is 8.70. The van der Waals surface area contributed by atoms with Crippen molar-refractivity contribution in [1.29, 1.82) is 0 Å². The van der Waals surface area contributed by atoms with E-state index in [1.54, 1.807) is 0 Å². The molecule has 7 nitrogen and oxygen atoms in total. The largest absolute Gasteiger partial charge is 0.382 e. The maximum Gasteiger partial charge on any atom is 0.227 e. The van der Waals surface area contributed by atoms with Gasteiger partial charge in [-0.15, -0.1) is 10.2 Å². The number of ether oxygens (including phenoxy) is 2. The molecule has 0 radical (unpaired) electrons. The van der Waals surface area contributed by atoms with Gasteiger partial charge in [0.2, 0.25) is 5.95 Å². The van der Waals surface area contributed by atoms with Crippen molar-refractivity contribution in [2.75, 3.05) is 31.3 Å². The highest BCUT2D eigenvalue weighted by molar-refractivity contribution is 5.91. The van der Waals surface area contributed by atoms with Crippen LogP contribution in [0.1, 0.15) is 34.1 Å². The van der Waals surface area contributed by atoms with Crippen molar-refractivity contribution in [3.63, 3.8) is 0 Å². The summed E-state index contributed by atoms with van der Waals surface area (Å²) in [7, 11) is 0. The number of aromatic nitrogens is 4. The van der Waals surface area contributed by atoms with Crippen molar-refractivity contribution in [3.8, 4) is 11.4 Å². The molecule has 0 bridgehead atoms. The molecular formula is C23H31N5O2. The van der Waals surface area contributed by atoms with Crippen LogP contribution in [0.4, 0.5) is 5.95 Å². The second-order valence-corrected chi connectivity index (χ2v) is 8.23. The number of anilines is 1. The molecule has 1 aliphatic rings. The minimum Gasteiger partial charge on any atom is -0.382 e. The summed E-state index contributed by atoms with van der Waals surface area (Å²) in [5.74, 6) is 1.74. The van der Waals surface area contributed by atoms with Gasteiger partial charge in [0.05, 0.1) is 23.8 Å². The molecule has 0 aliphatic carbocycles. The SMILES string of the molecule is CCOCCCn1c(-c2cccc3cccnc23)nnc1N1CCOC(C)(C)C1C. The Hall–Kier alpha value is -2.51. The first-order valence-electron chi connectivity index (χ1n) is 10.8. The van der Waals surface area contributed by atoms with Crippen LogP contribution in [0.25, 0.3) is 22.3 Å². The maximum absolute atomic E-state index is 6.00. The third-order valence-electron chi connectivity index (χ3n) is 6.02. The van der Waals surface area contributed by atoms with Gasteiger partial charge in [0.25, 0.3) is 0 Å². The van der Waals surface area contributed by atoms with Gasteiger partial charge >= 0.3 is 0 Å². The molecule has 3 aromatic rings. The Morgan fingerprint density at radius 3 is 2.87 bits per heavy atom. The molecule has 1 aromatic carbocycles. The average molecular weight is 410 g/mol. The maximum atomic E-state index is 6.00. The third-order valence-corrected chi connectivity index (χ3v) is 6.02. The van der Waals surface area contributed by atoms with Gasteiger partial charge in [-0.25, -0.2) is 0 Å². The van der Waals surface area contributed by atoms with Crippen LogP contribution < -0.4 is 4.90 Å². The Labute approximate surface area is 178 Å². The highest BCUT2D eigenvalue weighted by Crippen LogP contribution is 2.32. The number of hydrogen-bond donors (Lipinski definition) is 0. The first kappa shape index (κ1) is 20.8. The molecule has 3 heterocycles. The predicted molar refractivity (Wildman–Crippen MR) is 119 cm³/mol. The molecule has 2 aromatic heterocycles. The molecule has 30 heavy (non-hydrogen) atoms. The molecule has 7 heteroatoms. The Kier molecular flexibility index (Phi) is 6.01. The van der Waals surface area contributed by atoms with Gasteiger partial charge in [-0.3, -0.25) is 9.55 Å². The summed E-state index contributed by atoms with van der Waals surface area (Å²) in [6.07, 6.45) is 2.72. The van der Waals surface area contributed by atoms with Crippen molar-refractivity contribution < 1.29 is 9.47 Å². The molecule has 1 atom stereocenters. The molecular weight excluding hydrogens is 378 g/mol. The summed E-state index contributed by atoms with van der Waals surface area (Å²) in [4.78, 5) is 6.95. The summed E-state index contributed by atoms with van der Waals surface area (Å²) in [5, 5.41) is 10.4. The monoisotopic (exact) mass is 409 g/mol. The lowest BCUT2D eigenvalue weighted by Crippen LogP contribution is -2.56. The molecule has 1 aliphatic heterocycles. The van der Waals surface area contributed by atoms with Crippen molar-refractivity contribution >= 4 is 16.9 Å². The number of nitrogens with zero attached hydrogens (tertiary/aromatic N) is 5. The lowest BCUT2D eigenvalue weighted by atomic mass is 9.97. The van der Waals surface area contributed by atoms with Gasteiger partial charge in [0.1, 0.15) is 0 Å². The number of pyridine rings is 1. The zero-order valence-corrected chi connectivity index (χ0v) is 18.3. The highest BCUT2D eigenvalue weighted by atomic mass is 16.5. The van der Waals surface area contributed by atoms with Gasteiger partial charge in [-0.1, -0.05) is 18.2 Å². The van der Waals surface area contributed by atoms with Crippen LogP contribution in [0.3, 0.4) is 0 Å². The van der Waals surface area contributed by atoms with E-state index in [1.165, 1.54) is 0 Å². The predicted octanol–water partition coefficient (Wildman–Crippen LogP) is 3.92. The number of fused-ring (bicyclic) bond motifs is 1. The topological polar surface area (TPSA) is 65.3 Å². The number of para-hydroxylation sites is 1.